The van der Waals surface area contributed by atoms with Crippen LogP contribution in [0.2, 0.25) is 10.0 Å². The molecule has 1 N–H and O–H groups in total. The van der Waals surface area contributed by atoms with E-state index in [0.717, 1.165) is 4.90 Å². The summed E-state index contributed by atoms with van der Waals surface area (Å²) in [6, 6.07) is 10.6. The van der Waals surface area contributed by atoms with Crippen LogP contribution in [-0.2, 0) is 14.3 Å². The van der Waals surface area contributed by atoms with E-state index in [1.54, 1.807) is 26.0 Å². The average molecular weight is 454 g/mol. The Hall–Kier alpha value is -2.54. The van der Waals surface area contributed by atoms with Crippen LogP contribution in [-0.4, -0.2) is 23.9 Å². The van der Waals surface area contributed by atoms with Gasteiger partial charge in [0.05, 0.1) is 17.4 Å². The number of carbonyl (C=O) groups is 3. The summed E-state index contributed by atoms with van der Waals surface area (Å²) in [7, 11) is 0. The number of nitrogens with zero attached hydrogens (tertiary/aromatic N) is 1. The number of benzene rings is 2. The van der Waals surface area contributed by atoms with Gasteiger partial charge in [-0.05, 0) is 56.3 Å². The highest BCUT2D eigenvalue weighted by molar-refractivity contribution is 6.53. The number of anilines is 2. The topological polar surface area (TPSA) is 75.7 Å². The number of ether oxygens (including phenoxy) is 1. The number of amides is 2. The largest absolute Gasteiger partial charge is 0.459 e. The summed E-state index contributed by atoms with van der Waals surface area (Å²) in [6.45, 7) is 3.51. The number of rotatable bonds is 5. The quantitative estimate of drug-likeness (QED) is 0.509. The lowest BCUT2D eigenvalue weighted by molar-refractivity contribution is -0.120. The third kappa shape index (κ3) is 4.56. The summed E-state index contributed by atoms with van der Waals surface area (Å²) in [6.07, 6.45) is -0.239. The molecule has 0 saturated carbocycles. The monoisotopic (exact) mass is 452 g/mol. The fraction of sp³-hybridized carbons (Fsp3) is 0.150. The first-order valence-corrected chi connectivity index (χ1v) is 9.63. The maximum absolute atomic E-state index is 12.8. The predicted octanol–water partition coefficient (Wildman–Crippen LogP) is 4.99. The van der Waals surface area contributed by atoms with E-state index in [2.05, 4.69) is 5.32 Å². The average Bonchev–Trinajstić information content (AvgIpc) is 2.84. The molecular weight excluding hydrogens is 439 g/mol. The molecule has 0 atom stereocenters. The zero-order chi connectivity index (χ0) is 21.3. The van der Waals surface area contributed by atoms with Gasteiger partial charge in [-0.1, -0.05) is 34.8 Å². The minimum Gasteiger partial charge on any atom is -0.459 e. The van der Waals surface area contributed by atoms with Crippen LogP contribution < -0.4 is 10.2 Å². The van der Waals surface area contributed by atoms with Gasteiger partial charge in [-0.15, -0.1) is 0 Å². The van der Waals surface area contributed by atoms with Crippen molar-refractivity contribution in [2.24, 2.45) is 0 Å². The van der Waals surface area contributed by atoms with Crippen LogP contribution in [0, 0.1) is 0 Å². The molecule has 0 aliphatic carbocycles. The number of nitrogens with one attached hydrogen (secondary N) is 1. The van der Waals surface area contributed by atoms with Crippen LogP contribution in [0.4, 0.5) is 11.4 Å². The number of hydrogen-bond donors (Lipinski definition) is 1. The molecule has 3 rings (SSSR count). The van der Waals surface area contributed by atoms with Crippen LogP contribution in [0.5, 0.6) is 0 Å². The SMILES string of the molecule is CC(C)OC(=O)c1ccc(NC2=C(Cl)C(=O)N(c3cc(Cl)cc(Cl)c3)C2=O)cc1. The molecule has 0 saturated heterocycles. The Morgan fingerprint density at radius 3 is 2.10 bits per heavy atom. The zero-order valence-electron chi connectivity index (χ0n) is 15.3. The van der Waals surface area contributed by atoms with Gasteiger partial charge >= 0.3 is 5.97 Å². The fourth-order valence-electron chi connectivity index (χ4n) is 2.63. The molecule has 2 aromatic rings. The van der Waals surface area contributed by atoms with Crippen molar-refractivity contribution in [1.29, 1.82) is 0 Å². The number of hydrogen-bond acceptors (Lipinski definition) is 5. The Morgan fingerprint density at radius 1 is 0.966 bits per heavy atom. The van der Waals surface area contributed by atoms with E-state index in [4.69, 9.17) is 39.5 Å². The normalized spacial score (nSPS) is 14.1. The second-order valence-electron chi connectivity index (χ2n) is 6.42. The minimum absolute atomic E-state index is 0.0923. The Balaban J connectivity index is 1.81. The first kappa shape index (κ1) is 21.2. The van der Waals surface area contributed by atoms with Crippen molar-refractivity contribution in [2.75, 3.05) is 10.2 Å². The first-order valence-electron chi connectivity index (χ1n) is 8.50. The molecule has 9 heteroatoms. The molecule has 0 fully saturated rings. The van der Waals surface area contributed by atoms with Crippen LogP contribution in [0.3, 0.4) is 0 Å². The van der Waals surface area contributed by atoms with E-state index < -0.39 is 17.8 Å². The molecule has 0 aromatic heterocycles. The van der Waals surface area contributed by atoms with Crippen LogP contribution >= 0.6 is 34.8 Å². The van der Waals surface area contributed by atoms with E-state index in [1.807, 2.05) is 0 Å². The molecule has 6 nitrogen and oxygen atoms in total. The van der Waals surface area contributed by atoms with E-state index in [9.17, 15) is 14.4 Å². The molecule has 150 valence electrons. The maximum Gasteiger partial charge on any atom is 0.338 e. The van der Waals surface area contributed by atoms with Crippen LogP contribution in [0.15, 0.2) is 53.2 Å². The number of carbonyl (C=O) groups excluding carboxylic acids is 3. The predicted molar refractivity (Wildman–Crippen MR) is 112 cm³/mol. The standard InChI is InChI=1S/C20H15Cl3N2O4/c1-10(2)29-20(28)11-3-5-14(6-4-11)24-17-16(23)18(26)25(19(17)27)15-8-12(21)7-13(22)9-15/h3-10,24H,1-2H3. The van der Waals surface area contributed by atoms with Gasteiger partial charge in [0.15, 0.2) is 0 Å². The molecule has 1 heterocycles. The molecule has 0 spiro atoms. The molecule has 1 aliphatic heterocycles. The highest BCUT2D eigenvalue weighted by atomic mass is 35.5. The van der Waals surface area contributed by atoms with Gasteiger partial charge < -0.3 is 10.1 Å². The molecular formula is C20H15Cl3N2O4. The van der Waals surface area contributed by atoms with Crippen molar-refractivity contribution >= 4 is 64.0 Å². The summed E-state index contributed by atoms with van der Waals surface area (Å²) in [5.74, 6) is -1.81. The Morgan fingerprint density at radius 2 is 1.55 bits per heavy atom. The number of halogens is 3. The number of imide groups is 1. The van der Waals surface area contributed by atoms with Crippen molar-refractivity contribution in [3.05, 3.63) is 68.8 Å². The van der Waals surface area contributed by atoms with Gasteiger partial charge in [0, 0.05) is 15.7 Å². The van der Waals surface area contributed by atoms with Gasteiger partial charge in [0.25, 0.3) is 11.8 Å². The van der Waals surface area contributed by atoms with E-state index in [-0.39, 0.29) is 32.6 Å². The van der Waals surface area contributed by atoms with E-state index >= 15 is 0 Å². The van der Waals surface area contributed by atoms with Gasteiger partial charge in [0.1, 0.15) is 10.7 Å². The first-order chi connectivity index (χ1) is 13.7. The summed E-state index contributed by atoms with van der Waals surface area (Å²) in [4.78, 5) is 38.1. The number of esters is 1. The lowest BCUT2D eigenvalue weighted by Gasteiger charge is -2.16. The van der Waals surface area contributed by atoms with Crippen molar-refractivity contribution in [2.45, 2.75) is 20.0 Å². The summed E-state index contributed by atoms with van der Waals surface area (Å²) < 4.78 is 5.12. The van der Waals surface area contributed by atoms with Crippen LogP contribution in [0.25, 0.3) is 0 Å². The van der Waals surface area contributed by atoms with E-state index in [0.29, 0.717) is 11.3 Å². The molecule has 29 heavy (non-hydrogen) atoms. The van der Waals surface area contributed by atoms with Crippen LogP contribution in [0.1, 0.15) is 24.2 Å². The molecule has 0 bridgehead atoms. The lowest BCUT2D eigenvalue weighted by atomic mass is 10.2. The maximum atomic E-state index is 12.8. The van der Waals surface area contributed by atoms with E-state index in [1.165, 1.54) is 30.3 Å². The molecule has 0 radical (unpaired) electrons. The van der Waals surface area contributed by atoms with Gasteiger partial charge in [0.2, 0.25) is 0 Å². The summed E-state index contributed by atoms with van der Waals surface area (Å²) in [5.41, 5.74) is 0.934. The smallest absolute Gasteiger partial charge is 0.338 e. The minimum atomic E-state index is -0.699. The molecule has 1 aliphatic rings. The Kier molecular flexibility index (Phi) is 6.17. The van der Waals surface area contributed by atoms with Crippen molar-refractivity contribution in [1.82, 2.24) is 0 Å². The highest BCUT2D eigenvalue weighted by Crippen LogP contribution is 2.33. The third-order valence-electron chi connectivity index (χ3n) is 3.87. The molecule has 0 unspecified atom stereocenters. The third-order valence-corrected chi connectivity index (χ3v) is 4.65. The van der Waals surface area contributed by atoms with Crippen molar-refractivity contribution in [3.63, 3.8) is 0 Å². The van der Waals surface area contributed by atoms with Gasteiger partial charge in [-0.2, -0.15) is 0 Å². The molecule has 2 amide bonds. The van der Waals surface area contributed by atoms with Gasteiger partial charge in [-0.3, -0.25) is 9.59 Å². The summed E-state index contributed by atoms with van der Waals surface area (Å²) >= 11 is 18.0. The summed E-state index contributed by atoms with van der Waals surface area (Å²) in [5, 5.41) is 3.10. The Bertz CT molecular complexity index is 1010. The Labute approximate surface area is 182 Å². The highest BCUT2D eigenvalue weighted by Gasteiger charge is 2.39. The second-order valence-corrected chi connectivity index (χ2v) is 7.67. The zero-order valence-corrected chi connectivity index (χ0v) is 17.6. The fourth-order valence-corrected chi connectivity index (χ4v) is 3.36. The van der Waals surface area contributed by atoms with Gasteiger partial charge in [-0.25, -0.2) is 9.69 Å². The lowest BCUT2D eigenvalue weighted by Crippen LogP contribution is -2.32. The molecule has 2 aromatic carbocycles. The second kappa shape index (κ2) is 8.45. The van der Waals surface area contributed by atoms with Crippen molar-refractivity contribution < 1.29 is 19.1 Å². The van der Waals surface area contributed by atoms with Crippen molar-refractivity contribution in [3.8, 4) is 0 Å².